The lowest BCUT2D eigenvalue weighted by Gasteiger charge is -2.25. The van der Waals surface area contributed by atoms with Crippen molar-refractivity contribution in [1.29, 1.82) is 0 Å². The highest BCUT2D eigenvalue weighted by Gasteiger charge is 2.16. The van der Waals surface area contributed by atoms with E-state index in [1.807, 2.05) is 27.7 Å². The fourth-order valence-electron chi connectivity index (χ4n) is 1.29. The lowest BCUT2D eigenvalue weighted by atomic mass is 9.99. The van der Waals surface area contributed by atoms with E-state index in [2.05, 4.69) is 13.8 Å². The van der Waals surface area contributed by atoms with Crippen LogP contribution in [0.5, 0.6) is 0 Å². The van der Waals surface area contributed by atoms with Gasteiger partial charge in [-0.25, -0.2) is 0 Å². The normalized spacial score (nSPS) is 21.0. The van der Waals surface area contributed by atoms with Crippen molar-refractivity contribution in [2.75, 3.05) is 6.61 Å². The topological polar surface area (TPSA) is 9.23 Å². The first-order chi connectivity index (χ1) is 6.30. The minimum atomic E-state index is 0.554. The molecule has 1 fully saturated rings. The van der Waals surface area contributed by atoms with Gasteiger partial charge in [0, 0.05) is 6.61 Å². The molecule has 1 nitrogen and oxygen atoms in total. The van der Waals surface area contributed by atoms with Gasteiger partial charge >= 0.3 is 0 Å². The Labute approximate surface area is 84.9 Å². The Morgan fingerprint density at radius 2 is 1.54 bits per heavy atom. The van der Waals surface area contributed by atoms with Crippen LogP contribution in [0.2, 0.25) is 0 Å². The van der Waals surface area contributed by atoms with E-state index >= 15 is 0 Å². The molecule has 0 amide bonds. The minimum Gasteiger partial charge on any atom is -0.378 e. The summed E-state index contributed by atoms with van der Waals surface area (Å²) in [7, 11) is 0. The summed E-state index contributed by atoms with van der Waals surface area (Å²) in [4.78, 5) is 0. The molecule has 0 aliphatic carbocycles. The van der Waals surface area contributed by atoms with E-state index in [4.69, 9.17) is 4.74 Å². The molecule has 1 heterocycles. The number of hydrogen-bond acceptors (Lipinski definition) is 1. The molecular weight excluding hydrogens is 160 g/mol. The van der Waals surface area contributed by atoms with Crippen LogP contribution in [-0.4, -0.2) is 12.7 Å². The zero-order chi connectivity index (χ0) is 10.7. The SMILES string of the molecule is CC.CC.CC(C)C1CCCCO1. The van der Waals surface area contributed by atoms with Gasteiger partial charge in [-0.05, 0) is 25.2 Å². The lowest BCUT2D eigenvalue weighted by Crippen LogP contribution is -2.24. The highest BCUT2D eigenvalue weighted by Crippen LogP contribution is 2.18. The summed E-state index contributed by atoms with van der Waals surface area (Å²) < 4.78 is 5.54. The summed E-state index contributed by atoms with van der Waals surface area (Å²) in [6.45, 7) is 13.5. The first kappa shape index (κ1) is 15.4. The van der Waals surface area contributed by atoms with E-state index in [0.717, 1.165) is 6.61 Å². The van der Waals surface area contributed by atoms with Gasteiger partial charge in [0.25, 0.3) is 0 Å². The molecule has 1 aliphatic heterocycles. The third-order valence-corrected chi connectivity index (χ3v) is 1.96. The van der Waals surface area contributed by atoms with E-state index in [-0.39, 0.29) is 0 Å². The molecule has 82 valence electrons. The second-order valence-corrected chi connectivity index (χ2v) is 3.15. The molecule has 0 radical (unpaired) electrons. The predicted molar refractivity (Wildman–Crippen MR) is 61.1 cm³/mol. The van der Waals surface area contributed by atoms with Crippen LogP contribution < -0.4 is 0 Å². The quantitative estimate of drug-likeness (QED) is 0.597. The average Bonchev–Trinajstić information content (AvgIpc) is 2.25. The molecule has 0 bridgehead atoms. The maximum atomic E-state index is 5.54. The van der Waals surface area contributed by atoms with Crippen LogP contribution in [0.4, 0.5) is 0 Å². The van der Waals surface area contributed by atoms with Gasteiger partial charge in [-0.3, -0.25) is 0 Å². The smallest absolute Gasteiger partial charge is 0.0598 e. The molecule has 1 rings (SSSR count). The van der Waals surface area contributed by atoms with E-state index in [9.17, 15) is 0 Å². The summed E-state index contributed by atoms with van der Waals surface area (Å²) in [6.07, 6.45) is 4.46. The number of rotatable bonds is 1. The predicted octanol–water partition coefficient (Wildman–Crippen LogP) is 4.26. The highest BCUT2D eigenvalue weighted by atomic mass is 16.5. The summed E-state index contributed by atoms with van der Waals surface area (Å²) in [5, 5.41) is 0. The molecule has 1 unspecified atom stereocenters. The molecule has 13 heavy (non-hydrogen) atoms. The van der Waals surface area contributed by atoms with Crippen molar-refractivity contribution < 1.29 is 4.74 Å². The van der Waals surface area contributed by atoms with E-state index < -0.39 is 0 Å². The number of hydrogen-bond donors (Lipinski definition) is 0. The van der Waals surface area contributed by atoms with Crippen molar-refractivity contribution in [2.24, 2.45) is 5.92 Å². The van der Waals surface area contributed by atoms with Gasteiger partial charge in [0.2, 0.25) is 0 Å². The molecule has 1 heteroatoms. The summed E-state index contributed by atoms with van der Waals surface area (Å²) in [5.41, 5.74) is 0. The fourth-order valence-corrected chi connectivity index (χ4v) is 1.29. The zero-order valence-electron chi connectivity index (χ0n) is 10.4. The van der Waals surface area contributed by atoms with Crippen molar-refractivity contribution in [2.45, 2.75) is 66.9 Å². The van der Waals surface area contributed by atoms with Crippen molar-refractivity contribution in [3.63, 3.8) is 0 Å². The van der Waals surface area contributed by atoms with Crippen molar-refractivity contribution in [3.8, 4) is 0 Å². The van der Waals surface area contributed by atoms with Gasteiger partial charge in [0.15, 0.2) is 0 Å². The molecule has 0 aromatic carbocycles. The van der Waals surface area contributed by atoms with Crippen LogP contribution in [0.15, 0.2) is 0 Å². The summed E-state index contributed by atoms with van der Waals surface area (Å²) in [6, 6.07) is 0. The summed E-state index contributed by atoms with van der Waals surface area (Å²) >= 11 is 0. The monoisotopic (exact) mass is 188 g/mol. The van der Waals surface area contributed by atoms with Crippen LogP contribution in [0, 0.1) is 5.92 Å². The minimum absolute atomic E-state index is 0.554. The van der Waals surface area contributed by atoms with Crippen LogP contribution in [0.1, 0.15) is 60.8 Å². The van der Waals surface area contributed by atoms with Gasteiger partial charge in [0.1, 0.15) is 0 Å². The van der Waals surface area contributed by atoms with E-state index in [1.165, 1.54) is 19.3 Å². The molecule has 0 spiro atoms. The van der Waals surface area contributed by atoms with Crippen LogP contribution in [-0.2, 0) is 4.74 Å². The molecule has 1 saturated heterocycles. The lowest BCUT2D eigenvalue weighted by molar-refractivity contribution is -0.0115. The third kappa shape index (κ3) is 8.29. The third-order valence-electron chi connectivity index (χ3n) is 1.96. The van der Waals surface area contributed by atoms with Crippen molar-refractivity contribution in [3.05, 3.63) is 0 Å². The van der Waals surface area contributed by atoms with Crippen LogP contribution >= 0.6 is 0 Å². The second kappa shape index (κ2) is 12.0. The van der Waals surface area contributed by atoms with Gasteiger partial charge in [0.05, 0.1) is 6.10 Å². The molecular formula is C12H28O. The average molecular weight is 188 g/mol. The van der Waals surface area contributed by atoms with Gasteiger partial charge in [-0.1, -0.05) is 41.5 Å². The Balaban J connectivity index is 0. The van der Waals surface area contributed by atoms with E-state index in [1.54, 1.807) is 0 Å². The Bertz CT molecular complexity index is 73.2. The first-order valence-electron chi connectivity index (χ1n) is 5.92. The Kier molecular flexibility index (Phi) is 14.2. The van der Waals surface area contributed by atoms with Crippen molar-refractivity contribution >= 4 is 0 Å². The maximum Gasteiger partial charge on any atom is 0.0598 e. The Hall–Kier alpha value is -0.0400. The summed E-state index contributed by atoms with van der Waals surface area (Å²) in [5.74, 6) is 0.713. The van der Waals surface area contributed by atoms with E-state index in [0.29, 0.717) is 12.0 Å². The molecule has 1 atom stereocenters. The molecule has 0 saturated carbocycles. The van der Waals surface area contributed by atoms with Crippen LogP contribution in [0.25, 0.3) is 0 Å². The molecule has 0 aromatic rings. The largest absolute Gasteiger partial charge is 0.378 e. The Morgan fingerprint density at radius 1 is 1.00 bits per heavy atom. The first-order valence-corrected chi connectivity index (χ1v) is 5.92. The fraction of sp³-hybridized carbons (Fsp3) is 1.00. The second-order valence-electron chi connectivity index (χ2n) is 3.15. The van der Waals surface area contributed by atoms with Gasteiger partial charge < -0.3 is 4.74 Å². The molecule has 0 aromatic heterocycles. The molecule has 0 N–H and O–H groups in total. The van der Waals surface area contributed by atoms with Gasteiger partial charge in [-0.15, -0.1) is 0 Å². The maximum absolute atomic E-state index is 5.54. The Morgan fingerprint density at radius 3 is 1.77 bits per heavy atom. The van der Waals surface area contributed by atoms with Gasteiger partial charge in [-0.2, -0.15) is 0 Å². The zero-order valence-corrected chi connectivity index (χ0v) is 10.4. The highest BCUT2D eigenvalue weighted by molar-refractivity contribution is 4.65. The molecule has 1 aliphatic rings. The standard InChI is InChI=1S/C8H16O.2C2H6/c1-7(2)8-5-3-4-6-9-8;2*1-2/h7-8H,3-6H2,1-2H3;2*1-2H3. The number of ether oxygens (including phenoxy) is 1. The van der Waals surface area contributed by atoms with Crippen LogP contribution in [0.3, 0.4) is 0 Å². The van der Waals surface area contributed by atoms with Crippen molar-refractivity contribution in [1.82, 2.24) is 0 Å².